The van der Waals surface area contributed by atoms with Crippen molar-refractivity contribution < 1.29 is 4.79 Å². The molecule has 0 unspecified atom stereocenters. The number of rotatable bonds is 2. The molecule has 0 fully saturated rings. The molecule has 0 radical (unpaired) electrons. The molecule has 0 aromatic heterocycles. The van der Waals surface area contributed by atoms with Gasteiger partial charge in [0.25, 0.3) is 0 Å². The van der Waals surface area contributed by atoms with Crippen LogP contribution in [-0.2, 0) is 0 Å². The number of hydrazine groups is 2. The van der Waals surface area contributed by atoms with E-state index in [2.05, 4.69) is 10.5 Å². The van der Waals surface area contributed by atoms with E-state index in [9.17, 15) is 4.79 Å². The number of urea groups is 1. The summed E-state index contributed by atoms with van der Waals surface area (Å²) in [5, 5.41) is 3.60. The molecule has 0 aliphatic carbocycles. The van der Waals surface area contributed by atoms with E-state index in [0.29, 0.717) is 6.54 Å². The fourth-order valence-electron chi connectivity index (χ4n) is 0.227. The highest BCUT2D eigenvalue weighted by Crippen LogP contribution is 1.72. The van der Waals surface area contributed by atoms with Crippen LogP contribution in [0.4, 0.5) is 4.79 Å². The third-order valence-corrected chi connectivity index (χ3v) is 0.681. The van der Waals surface area contributed by atoms with E-state index in [4.69, 9.17) is 11.4 Å². The second kappa shape index (κ2) is 3.93. The van der Waals surface area contributed by atoms with E-state index in [1.54, 1.807) is 6.92 Å². The van der Waals surface area contributed by atoms with Crippen molar-refractivity contribution in [3.8, 4) is 0 Å². The monoisotopic (exact) mass is 131 g/mol. The Hall–Kier alpha value is -1.01. The smallest absolute Gasteiger partial charge is 0.254 e. The van der Waals surface area contributed by atoms with Gasteiger partial charge in [-0.2, -0.15) is 10.6 Å². The highest BCUT2D eigenvalue weighted by atomic mass is 16.2. The summed E-state index contributed by atoms with van der Waals surface area (Å²) in [7, 11) is 0. The molecule has 0 rings (SSSR count). The number of nitrogens with zero attached hydrogens (tertiary/aromatic N) is 2. The first kappa shape index (κ1) is 7.99. The number of hydrogen-bond donors (Lipinski definition) is 3. The molecule has 0 bridgehead atoms. The van der Waals surface area contributed by atoms with Gasteiger partial charge in [0, 0.05) is 6.54 Å². The van der Waals surface area contributed by atoms with Gasteiger partial charge in [-0.15, -0.1) is 0 Å². The van der Waals surface area contributed by atoms with Crippen molar-refractivity contribution >= 4 is 6.03 Å². The third kappa shape index (κ3) is 3.56. The maximum atomic E-state index is 10.2. The van der Waals surface area contributed by atoms with Crippen LogP contribution < -0.4 is 11.3 Å². The zero-order chi connectivity index (χ0) is 7.28. The number of hydrogen-bond acceptors (Lipinski definition) is 4. The maximum Gasteiger partial charge on any atom is 0.374 e. The van der Waals surface area contributed by atoms with E-state index in [1.807, 2.05) is 0 Å². The van der Waals surface area contributed by atoms with Crippen LogP contribution in [-0.4, -0.2) is 17.7 Å². The minimum atomic E-state index is -0.764. The Balaban J connectivity index is 3.46. The van der Waals surface area contributed by atoms with Crippen molar-refractivity contribution in [2.24, 2.45) is 11.0 Å². The molecule has 9 heavy (non-hydrogen) atoms. The molecule has 52 valence electrons. The van der Waals surface area contributed by atoms with E-state index in [1.165, 1.54) is 0 Å². The van der Waals surface area contributed by atoms with Gasteiger partial charge in [-0.3, -0.25) is 11.3 Å². The van der Waals surface area contributed by atoms with E-state index >= 15 is 0 Å². The van der Waals surface area contributed by atoms with Crippen LogP contribution in [0.1, 0.15) is 6.92 Å². The van der Waals surface area contributed by atoms with Gasteiger partial charge in [-0.05, 0) is 6.92 Å². The lowest BCUT2D eigenvalue weighted by Crippen LogP contribution is -2.45. The van der Waals surface area contributed by atoms with Crippen molar-refractivity contribution in [1.82, 2.24) is 10.5 Å². The Morgan fingerprint density at radius 3 is 2.89 bits per heavy atom. The Kier molecular flexibility index (Phi) is 3.49. The predicted octanol–water partition coefficient (Wildman–Crippen LogP) is -0.162. The van der Waals surface area contributed by atoms with Gasteiger partial charge in [-0.25, -0.2) is 4.79 Å². The second-order valence-electron chi connectivity index (χ2n) is 1.31. The molecule has 0 spiro atoms. The number of nitrogens with two attached hydrogens (primary N) is 1. The molecule has 0 aliphatic rings. The number of amides is 2. The first-order valence-electron chi connectivity index (χ1n) is 2.41. The number of nitrogens with one attached hydrogen (secondary N) is 2. The van der Waals surface area contributed by atoms with Gasteiger partial charge in [0.15, 0.2) is 0 Å². The summed E-state index contributed by atoms with van der Waals surface area (Å²) < 4.78 is 0. The molecule has 0 aliphatic heterocycles. The zero-order valence-electron chi connectivity index (χ0n) is 5.09. The summed E-state index contributed by atoms with van der Waals surface area (Å²) >= 11 is 0. The number of carbonyl (C=O) groups is 1. The average Bonchev–Trinajstić information content (AvgIpc) is 1.87. The van der Waals surface area contributed by atoms with Gasteiger partial charge in [0.2, 0.25) is 0 Å². The molecular formula is C3H9N5O. The van der Waals surface area contributed by atoms with Crippen LogP contribution in [0.5, 0.6) is 0 Å². The second-order valence-corrected chi connectivity index (χ2v) is 1.31. The molecular weight excluding hydrogens is 122 g/mol. The SMILES string of the molecule is CCN(N)NC(=O)N=N. The van der Waals surface area contributed by atoms with E-state index in [-0.39, 0.29) is 0 Å². The average molecular weight is 131 g/mol. The normalized spacial score (nSPS) is 9.22. The molecule has 0 saturated carbocycles. The molecule has 6 heteroatoms. The first-order valence-corrected chi connectivity index (χ1v) is 2.41. The highest BCUT2D eigenvalue weighted by Gasteiger charge is 1.97. The Morgan fingerprint density at radius 2 is 2.56 bits per heavy atom. The minimum absolute atomic E-state index is 0.473. The first-order chi connectivity index (χ1) is 4.20. The fraction of sp³-hybridized carbons (Fsp3) is 0.667. The van der Waals surface area contributed by atoms with Crippen LogP contribution in [0.15, 0.2) is 5.11 Å². The molecule has 4 N–H and O–H groups in total. The minimum Gasteiger partial charge on any atom is -0.254 e. The topological polar surface area (TPSA) is 94.6 Å². The summed E-state index contributed by atoms with van der Waals surface area (Å²) in [6.07, 6.45) is 0. The molecule has 0 atom stereocenters. The molecule has 6 nitrogen and oxygen atoms in total. The molecule has 2 amide bonds. The van der Waals surface area contributed by atoms with Crippen LogP contribution in [0.25, 0.3) is 0 Å². The molecule has 0 heterocycles. The summed E-state index contributed by atoms with van der Waals surface area (Å²) in [6, 6.07) is -0.764. The van der Waals surface area contributed by atoms with Gasteiger partial charge in [-0.1, -0.05) is 5.11 Å². The summed E-state index contributed by atoms with van der Waals surface area (Å²) in [6.45, 7) is 2.23. The third-order valence-electron chi connectivity index (χ3n) is 0.681. The molecule has 0 aromatic rings. The predicted molar refractivity (Wildman–Crippen MR) is 30.2 cm³/mol. The highest BCUT2D eigenvalue weighted by molar-refractivity contribution is 5.73. The summed E-state index contributed by atoms with van der Waals surface area (Å²) in [4.78, 5) is 10.2. The summed E-state index contributed by atoms with van der Waals surface area (Å²) in [5.41, 5.74) is 8.31. The lowest BCUT2D eigenvalue weighted by molar-refractivity contribution is 0.189. The van der Waals surface area contributed by atoms with Crippen molar-refractivity contribution in [3.05, 3.63) is 0 Å². The lowest BCUT2D eigenvalue weighted by atomic mass is 10.8. The van der Waals surface area contributed by atoms with E-state index in [0.717, 1.165) is 5.12 Å². The Bertz CT molecular complexity index is 113. The van der Waals surface area contributed by atoms with Crippen molar-refractivity contribution in [2.75, 3.05) is 6.54 Å². The maximum absolute atomic E-state index is 10.2. The zero-order valence-corrected chi connectivity index (χ0v) is 5.09. The van der Waals surface area contributed by atoms with Crippen LogP contribution in [0, 0.1) is 5.53 Å². The van der Waals surface area contributed by atoms with Crippen molar-refractivity contribution in [2.45, 2.75) is 6.92 Å². The molecule has 0 saturated heterocycles. The van der Waals surface area contributed by atoms with Crippen molar-refractivity contribution in [3.63, 3.8) is 0 Å². The Labute approximate surface area is 52.5 Å². The van der Waals surface area contributed by atoms with Crippen LogP contribution in [0.2, 0.25) is 0 Å². The standard InChI is InChI=1S/C3H9N5O/c1-2-8(5)7-3(9)6-4/h4H,2,5H2,1H3,(H,7,9). The van der Waals surface area contributed by atoms with E-state index < -0.39 is 6.03 Å². The van der Waals surface area contributed by atoms with Crippen molar-refractivity contribution in [1.29, 1.82) is 5.53 Å². The number of carbonyl (C=O) groups excluding carboxylic acids is 1. The van der Waals surface area contributed by atoms with Gasteiger partial charge < -0.3 is 0 Å². The van der Waals surface area contributed by atoms with Gasteiger partial charge >= 0.3 is 6.03 Å². The fourth-order valence-corrected chi connectivity index (χ4v) is 0.227. The Morgan fingerprint density at radius 1 is 2.00 bits per heavy atom. The van der Waals surface area contributed by atoms with Crippen LogP contribution in [0.3, 0.4) is 0 Å². The quantitative estimate of drug-likeness (QED) is 0.276. The van der Waals surface area contributed by atoms with Gasteiger partial charge in [0.05, 0.1) is 0 Å². The largest absolute Gasteiger partial charge is 0.374 e. The van der Waals surface area contributed by atoms with Crippen LogP contribution >= 0.6 is 0 Å². The lowest BCUT2D eigenvalue weighted by Gasteiger charge is -2.11. The summed E-state index contributed by atoms with van der Waals surface area (Å²) in [5.74, 6) is 5.11. The molecule has 0 aromatic carbocycles. The van der Waals surface area contributed by atoms with Gasteiger partial charge in [0.1, 0.15) is 0 Å².